The summed E-state index contributed by atoms with van der Waals surface area (Å²) in [6.45, 7) is 14.9. The first-order chi connectivity index (χ1) is 47.2. The molecule has 0 aromatic heterocycles. The summed E-state index contributed by atoms with van der Waals surface area (Å²) in [5, 5.41) is 11.3. The van der Waals surface area contributed by atoms with Crippen molar-refractivity contribution in [2.75, 3.05) is 28.2 Å². The Morgan fingerprint density at radius 3 is 1.03 bits per heavy atom. The summed E-state index contributed by atoms with van der Waals surface area (Å²) in [5.41, 5.74) is 9.21. The molecule has 1 aliphatic carbocycles. The number of hydrogen-bond donors (Lipinski definition) is 1. The number of carbonyl (C=O) groups excluding carboxylic acids is 5. The molecule has 0 spiro atoms. The van der Waals surface area contributed by atoms with Crippen molar-refractivity contribution in [1.29, 1.82) is 0 Å². The van der Waals surface area contributed by atoms with E-state index in [1.54, 1.807) is 0 Å². The monoisotopic (exact) mass is 1710 g/mol. The van der Waals surface area contributed by atoms with E-state index in [0.717, 1.165) is 88.5 Å². The van der Waals surface area contributed by atoms with Crippen LogP contribution in [0, 0.1) is 11.8 Å². The summed E-state index contributed by atoms with van der Waals surface area (Å²) in [5.74, 6) is 0.658. The fraction of sp³-hybridized carbons (Fsp3) is 0.616. The third kappa shape index (κ3) is 34.5. The number of amides is 3. The maximum atomic E-state index is 14.9. The minimum Gasteiger partial charge on any atom is -1.00 e. The van der Waals surface area contributed by atoms with Crippen LogP contribution in [-0.2, 0) is 35.3 Å². The molecule has 0 saturated carbocycles. The number of ketones is 1. The van der Waals surface area contributed by atoms with Crippen LogP contribution in [0.1, 0.15) is 343 Å². The SMILES string of the molecule is C.C.C.CCCCCCCCC(CCCCCC)CN1C(=O)/C(=C2/C(=O)N(CC(CCCCCC)CCCCCCCC)c3cc(Br)ccc32)c2ccc(Br)cc21.CCCCCCCCCCCCCCCCC.O=C1Cc2cc(Br)ccc2/C1=C1\C(=O)Nc2cc(Br)ccc21.O=CO[O-].[H-].[K+].[K+]. The van der Waals surface area contributed by atoms with Gasteiger partial charge in [0.25, 0.3) is 24.2 Å². The number of benzene rings is 4. The van der Waals surface area contributed by atoms with Gasteiger partial charge in [0.15, 0.2) is 5.78 Å². The van der Waals surface area contributed by atoms with Gasteiger partial charge >= 0.3 is 103 Å². The first-order valence-electron chi connectivity index (χ1n) is 38.1. The van der Waals surface area contributed by atoms with Crippen LogP contribution in [0.4, 0.5) is 17.1 Å². The van der Waals surface area contributed by atoms with Gasteiger partial charge in [-0.05, 0) is 97.2 Å². The van der Waals surface area contributed by atoms with Crippen molar-refractivity contribution in [3.63, 3.8) is 0 Å². The molecule has 2 unspecified atom stereocenters. The number of halogens is 4. The van der Waals surface area contributed by atoms with Gasteiger partial charge in [0, 0.05) is 59.7 Å². The standard InChI is InChI=1S/C48H72Br2N2O2.C17H9Br2NO2.C17H36.CH2O3.3CH4.2K.H/c1-5-9-13-17-19-23-27-37(25-21-15-11-7-3)35-51-43-33-39(49)29-31-41(43)45(47(51)53)46-42-32-30-40(50)34-44(42)52(48(46)54)36-38(26-22-16-12-8-4)28-24-20-18-14-10-6-2;18-9-1-3-11-8(5-9)6-14(21)15(11)16-12-4-2-10(19)7-13(12)20-17(16)22;1-3-5-7-9-11-13-15-17-16-14-12-10-8-6-4-2;2-1-4-3;;;;;;/h29-34,37-38H,5-28,35-36H2,1-4H3;1-5,7H,6H2,(H,20,22);3-17H2,1-2H3;1,3H;3*1H4;;;/q;;;;;;;2*+1;-1/p-1/b46-45+;16-15+;;;;;;;;. The van der Waals surface area contributed by atoms with Crippen LogP contribution in [0.2, 0.25) is 0 Å². The molecule has 3 heterocycles. The van der Waals surface area contributed by atoms with Gasteiger partial charge in [0.05, 0.1) is 33.8 Å². The minimum absolute atomic E-state index is 0. The smallest absolute Gasteiger partial charge is 1.00 e. The zero-order valence-corrected chi connectivity index (χ0v) is 74.7. The second-order valence-corrected chi connectivity index (χ2v) is 31.2. The third-order valence-electron chi connectivity index (χ3n) is 19.6. The number of fused-ring (bicyclic) bond motifs is 4. The molecule has 102 heavy (non-hydrogen) atoms. The molecule has 1 N–H and O–H groups in total. The summed E-state index contributed by atoms with van der Waals surface area (Å²) < 4.78 is 3.75. The molecular formula is C86H131Br4K2N3O7. The molecule has 10 nitrogen and oxygen atoms in total. The average molecular weight is 1720 g/mol. The molecule has 4 aromatic rings. The number of anilines is 3. The number of Topliss-reactive ketones (excluding diaryl/α,β-unsaturated/α-hetero) is 1. The van der Waals surface area contributed by atoms with Crippen molar-refractivity contribution in [3.8, 4) is 0 Å². The van der Waals surface area contributed by atoms with Crippen LogP contribution in [0.5, 0.6) is 0 Å². The largest absolute Gasteiger partial charge is 1.00 e. The molecule has 4 aliphatic rings. The molecule has 4 aromatic carbocycles. The fourth-order valence-corrected chi connectivity index (χ4v) is 15.7. The van der Waals surface area contributed by atoms with E-state index >= 15 is 0 Å². The van der Waals surface area contributed by atoms with E-state index in [-0.39, 0.29) is 156 Å². The van der Waals surface area contributed by atoms with Crippen molar-refractivity contribution in [2.24, 2.45) is 11.8 Å². The van der Waals surface area contributed by atoms with E-state index in [1.165, 1.54) is 225 Å². The van der Waals surface area contributed by atoms with Crippen LogP contribution in [0.3, 0.4) is 0 Å². The fourth-order valence-electron chi connectivity index (χ4n) is 14.2. The maximum absolute atomic E-state index is 14.9. The van der Waals surface area contributed by atoms with Crippen LogP contribution >= 0.6 is 63.7 Å². The summed E-state index contributed by atoms with van der Waals surface area (Å²) in [6.07, 6.45) is 52.2. The van der Waals surface area contributed by atoms with Gasteiger partial charge in [0.1, 0.15) is 0 Å². The molecule has 562 valence electrons. The Balaban J connectivity index is 0. The van der Waals surface area contributed by atoms with Gasteiger partial charge in [0.2, 0.25) is 0 Å². The number of allylic oxidation sites excluding steroid dienone is 1. The van der Waals surface area contributed by atoms with Crippen LogP contribution < -0.4 is 123 Å². The molecule has 0 bridgehead atoms. The molecule has 0 fully saturated rings. The zero-order chi connectivity index (χ0) is 70.2. The van der Waals surface area contributed by atoms with E-state index in [9.17, 15) is 19.2 Å². The van der Waals surface area contributed by atoms with Gasteiger partial charge in [-0.3, -0.25) is 24.0 Å². The van der Waals surface area contributed by atoms with E-state index in [4.69, 9.17) is 10.1 Å². The topological polar surface area (TPSA) is 136 Å². The maximum Gasteiger partial charge on any atom is 1.00 e. The van der Waals surface area contributed by atoms with Crippen molar-refractivity contribution in [2.45, 2.75) is 321 Å². The quantitative estimate of drug-likeness (QED) is 0.0116. The van der Waals surface area contributed by atoms with E-state index < -0.39 is 0 Å². The van der Waals surface area contributed by atoms with E-state index in [1.807, 2.05) is 58.3 Å². The number of unbranched alkanes of at least 4 members (excludes halogenated alkanes) is 30. The Bertz CT molecular complexity index is 2930. The van der Waals surface area contributed by atoms with Crippen LogP contribution in [0.25, 0.3) is 22.3 Å². The molecule has 2 atom stereocenters. The first-order valence-corrected chi connectivity index (χ1v) is 41.3. The summed E-state index contributed by atoms with van der Waals surface area (Å²) in [7, 11) is 0. The molecule has 3 aliphatic heterocycles. The van der Waals surface area contributed by atoms with Crippen molar-refractivity contribution < 1.29 is 138 Å². The van der Waals surface area contributed by atoms with Gasteiger partial charge < -0.3 is 26.7 Å². The first kappa shape index (κ1) is 101. The molecule has 0 saturated heterocycles. The van der Waals surface area contributed by atoms with Gasteiger partial charge in [-0.25, -0.2) is 0 Å². The van der Waals surface area contributed by atoms with Crippen LogP contribution in [0.15, 0.2) is 90.7 Å². The molecule has 0 radical (unpaired) electrons. The second-order valence-electron chi connectivity index (χ2n) is 27.5. The number of nitrogens with zero attached hydrogens (tertiary/aromatic N) is 2. The summed E-state index contributed by atoms with van der Waals surface area (Å²) in [6, 6.07) is 23.7. The Hall–Kier alpha value is -0.937. The Labute approximate surface area is 740 Å². The predicted molar refractivity (Wildman–Crippen MR) is 442 cm³/mol. The third-order valence-corrected chi connectivity index (χ3v) is 21.6. The Kier molecular flexibility index (Phi) is 59.3. The van der Waals surface area contributed by atoms with Gasteiger partial charge in [-0.15, -0.1) is 0 Å². The normalized spacial score (nSPS) is 14.9. The van der Waals surface area contributed by atoms with E-state index in [0.29, 0.717) is 53.6 Å². The molecule has 3 amide bonds. The number of rotatable bonds is 43. The molecule has 8 rings (SSSR count). The minimum atomic E-state index is -0.216. The van der Waals surface area contributed by atoms with Crippen molar-refractivity contribution in [1.82, 2.24) is 0 Å². The Morgan fingerprint density at radius 2 is 0.696 bits per heavy atom. The summed E-state index contributed by atoms with van der Waals surface area (Å²) >= 11 is 14.3. The van der Waals surface area contributed by atoms with Crippen molar-refractivity contribution in [3.05, 3.63) is 119 Å². The zero-order valence-electron chi connectivity index (χ0n) is 63.1. The van der Waals surface area contributed by atoms with E-state index in [2.05, 4.69) is 140 Å². The van der Waals surface area contributed by atoms with Crippen molar-refractivity contribution >= 4 is 133 Å². The molecule has 16 heteroatoms. The summed E-state index contributed by atoms with van der Waals surface area (Å²) in [4.78, 5) is 70.0. The number of nitrogens with one attached hydrogen (secondary N) is 1. The van der Waals surface area contributed by atoms with Gasteiger partial charge in [-0.1, -0.05) is 377 Å². The Morgan fingerprint density at radius 1 is 0.412 bits per heavy atom. The number of hydrogen-bond acceptors (Lipinski definition) is 7. The second kappa shape index (κ2) is 59.9. The average Bonchev–Trinajstić information content (AvgIpc) is 1.58. The predicted octanol–water partition coefficient (Wildman–Crippen LogP) is 21.0. The van der Waals surface area contributed by atoms with Crippen LogP contribution in [-0.4, -0.2) is 43.1 Å². The molecular weight excluding hydrogens is 1580 g/mol. The number of carbonyl (C=O) groups is 5. The van der Waals surface area contributed by atoms with Gasteiger partial charge in [-0.2, -0.15) is 0 Å².